The molecule has 2 aromatic rings. The van der Waals surface area contributed by atoms with E-state index in [1.54, 1.807) is 6.20 Å². The fraction of sp³-hybridized carbons (Fsp3) is 0.480. The van der Waals surface area contributed by atoms with Gasteiger partial charge in [-0.3, -0.25) is 19.2 Å². The van der Waals surface area contributed by atoms with Gasteiger partial charge in [0.05, 0.1) is 6.04 Å². The van der Waals surface area contributed by atoms with Crippen molar-refractivity contribution in [2.24, 2.45) is 17.2 Å². The zero-order valence-corrected chi connectivity index (χ0v) is 22.4. The summed E-state index contributed by atoms with van der Waals surface area (Å²) in [5.74, 6) is -4.24. The van der Waals surface area contributed by atoms with Crippen LogP contribution in [-0.4, -0.2) is 76.2 Å². The first-order valence-electron chi connectivity index (χ1n) is 12.6. The van der Waals surface area contributed by atoms with E-state index >= 15 is 0 Å². The van der Waals surface area contributed by atoms with Crippen LogP contribution < -0.4 is 33.2 Å². The van der Waals surface area contributed by atoms with Crippen molar-refractivity contribution in [1.82, 2.24) is 20.9 Å². The third-order valence-electron chi connectivity index (χ3n) is 6.15. The molecule has 0 aliphatic rings. The summed E-state index contributed by atoms with van der Waals surface area (Å²) < 4.78 is 0. The largest absolute Gasteiger partial charge is 0.480 e. The van der Waals surface area contributed by atoms with Gasteiger partial charge in [0, 0.05) is 35.7 Å². The molecule has 4 unspecified atom stereocenters. The quantitative estimate of drug-likeness (QED) is 0.0844. The van der Waals surface area contributed by atoms with Crippen LogP contribution >= 0.6 is 12.6 Å². The van der Waals surface area contributed by atoms with Crippen molar-refractivity contribution in [2.45, 2.75) is 62.7 Å². The number of thiol groups is 1. The second kappa shape index (κ2) is 15.7. The minimum Gasteiger partial charge on any atom is -0.480 e. The summed E-state index contributed by atoms with van der Waals surface area (Å²) in [5.41, 5.74) is 18.1. The summed E-state index contributed by atoms with van der Waals surface area (Å²) in [5, 5.41) is 18.0. The van der Waals surface area contributed by atoms with Gasteiger partial charge in [0.15, 0.2) is 0 Å². The number of benzene rings is 1. The summed E-state index contributed by atoms with van der Waals surface area (Å²) in [7, 11) is 0. The fourth-order valence-corrected chi connectivity index (χ4v) is 4.19. The van der Waals surface area contributed by atoms with E-state index in [4.69, 9.17) is 17.2 Å². The number of H-pyrrole nitrogens is 1. The number of para-hydroxylation sites is 1. The maximum atomic E-state index is 13.0. The lowest BCUT2D eigenvalue weighted by atomic mass is 10.0. The van der Waals surface area contributed by atoms with Crippen molar-refractivity contribution < 1.29 is 29.1 Å². The molecule has 14 heteroatoms. The van der Waals surface area contributed by atoms with Gasteiger partial charge in [-0.1, -0.05) is 24.6 Å². The smallest absolute Gasteiger partial charge is 0.326 e. The molecule has 0 bridgehead atoms. The number of aromatic amines is 1. The van der Waals surface area contributed by atoms with Crippen molar-refractivity contribution >= 4 is 53.1 Å². The fourth-order valence-electron chi connectivity index (χ4n) is 3.93. The number of hydrogen-bond donors (Lipinski definition) is 9. The first-order chi connectivity index (χ1) is 18.6. The van der Waals surface area contributed by atoms with Crippen LogP contribution in [0.15, 0.2) is 30.5 Å². The standard InChI is InChI=1S/C25H37N7O6S/c26-10-4-3-6-16(27)22(34)30-18(8-9-21(28)33)23(35)32-20(13-39)24(36)31-19(25(37)38)11-14-12-29-17-7-2-1-5-15(14)17/h1-2,5,7,12,16,18-20,29,39H,3-4,6,8-11,13,26-27H2,(H2,28,33)(H,30,34)(H,31,36)(H,32,35)(H,37,38). The van der Waals surface area contributed by atoms with Gasteiger partial charge in [0.2, 0.25) is 23.6 Å². The van der Waals surface area contributed by atoms with Crippen molar-refractivity contribution in [3.8, 4) is 0 Å². The Morgan fingerprint density at radius 2 is 1.56 bits per heavy atom. The van der Waals surface area contributed by atoms with E-state index in [9.17, 15) is 29.1 Å². The number of primary amides is 1. The van der Waals surface area contributed by atoms with Gasteiger partial charge in [-0.15, -0.1) is 0 Å². The van der Waals surface area contributed by atoms with Crippen molar-refractivity contribution in [3.63, 3.8) is 0 Å². The van der Waals surface area contributed by atoms with Crippen LogP contribution in [0.25, 0.3) is 10.9 Å². The molecule has 0 aliphatic carbocycles. The number of fused-ring (bicyclic) bond motifs is 1. The lowest BCUT2D eigenvalue weighted by molar-refractivity contribution is -0.142. The SMILES string of the molecule is NCCCCC(N)C(=O)NC(CCC(N)=O)C(=O)NC(CS)C(=O)NC(Cc1c[nH]c2ccccc12)C(=O)O. The van der Waals surface area contributed by atoms with Crippen molar-refractivity contribution in [2.75, 3.05) is 12.3 Å². The Morgan fingerprint density at radius 1 is 0.923 bits per heavy atom. The normalized spacial score (nSPS) is 14.1. The zero-order chi connectivity index (χ0) is 28.9. The van der Waals surface area contributed by atoms with Gasteiger partial charge >= 0.3 is 5.97 Å². The van der Waals surface area contributed by atoms with Gasteiger partial charge in [-0.25, -0.2) is 4.79 Å². The highest BCUT2D eigenvalue weighted by Gasteiger charge is 2.30. The number of rotatable bonds is 17. The topological polar surface area (TPSA) is 236 Å². The number of unbranched alkanes of at least 4 members (excludes halogenated alkanes) is 1. The van der Waals surface area contributed by atoms with E-state index < -0.39 is 53.8 Å². The Bertz CT molecular complexity index is 1160. The summed E-state index contributed by atoms with van der Waals surface area (Å²) in [6.07, 6.45) is 3.00. The summed E-state index contributed by atoms with van der Waals surface area (Å²) >= 11 is 4.13. The number of hydrogen-bond acceptors (Lipinski definition) is 8. The summed E-state index contributed by atoms with van der Waals surface area (Å²) in [4.78, 5) is 64.8. The van der Waals surface area contributed by atoms with Gasteiger partial charge in [0.1, 0.15) is 18.1 Å². The minimum atomic E-state index is -1.28. The molecule has 0 fully saturated rings. The number of nitrogens with one attached hydrogen (secondary N) is 4. The molecule has 0 spiro atoms. The minimum absolute atomic E-state index is 0.00232. The maximum Gasteiger partial charge on any atom is 0.326 e. The number of amides is 4. The highest BCUT2D eigenvalue weighted by molar-refractivity contribution is 7.80. The molecule has 214 valence electrons. The van der Waals surface area contributed by atoms with E-state index in [2.05, 4.69) is 33.6 Å². The van der Waals surface area contributed by atoms with Gasteiger partial charge in [0.25, 0.3) is 0 Å². The Balaban J connectivity index is 2.07. The predicted octanol–water partition coefficient (Wildman–Crippen LogP) is -1.10. The summed E-state index contributed by atoms with van der Waals surface area (Å²) in [6.45, 7) is 0.454. The molecule has 4 amide bonds. The molecule has 0 saturated carbocycles. The van der Waals surface area contributed by atoms with Crippen LogP contribution in [-0.2, 0) is 30.4 Å². The molecule has 39 heavy (non-hydrogen) atoms. The molecule has 11 N–H and O–H groups in total. The number of carboxylic acids is 1. The first kappa shape index (κ1) is 31.6. The van der Waals surface area contributed by atoms with Crippen LogP contribution in [0.3, 0.4) is 0 Å². The summed E-state index contributed by atoms with van der Waals surface area (Å²) in [6, 6.07) is 2.73. The molecule has 1 aromatic carbocycles. The lowest BCUT2D eigenvalue weighted by Gasteiger charge is -2.24. The molecule has 0 aliphatic heterocycles. The molecule has 2 rings (SSSR count). The highest BCUT2D eigenvalue weighted by atomic mass is 32.1. The molecule has 13 nitrogen and oxygen atoms in total. The van der Waals surface area contributed by atoms with E-state index in [0.717, 1.165) is 10.9 Å². The lowest BCUT2D eigenvalue weighted by Crippen LogP contribution is -2.58. The first-order valence-corrected chi connectivity index (χ1v) is 13.2. The number of aromatic nitrogens is 1. The second-order valence-electron chi connectivity index (χ2n) is 9.16. The van der Waals surface area contributed by atoms with Crippen LogP contribution in [0.2, 0.25) is 0 Å². The molecular formula is C25H37N7O6S. The third-order valence-corrected chi connectivity index (χ3v) is 6.51. The van der Waals surface area contributed by atoms with Crippen LogP contribution in [0, 0.1) is 0 Å². The Labute approximate surface area is 231 Å². The number of carbonyl (C=O) groups excluding carboxylic acids is 4. The van der Waals surface area contributed by atoms with Gasteiger partial charge < -0.3 is 43.2 Å². The molecule has 0 saturated heterocycles. The Hall–Kier alpha value is -3.62. The van der Waals surface area contributed by atoms with Crippen LogP contribution in [0.5, 0.6) is 0 Å². The van der Waals surface area contributed by atoms with Crippen LogP contribution in [0.1, 0.15) is 37.7 Å². The number of carbonyl (C=O) groups is 5. The Kier molecular flexibility index (Phi) is 12.7. The number of aliphatic carboxylic acids is 1. The molecule has 1 aromatic heterocycles. The van der Waals surface area contributed by atoms with E-state index in [1.807, 2.05) is 24.3 Å². The molecule has 1 heterocycles. The molecular weight excluding hydrogens is 526 g/mol. The average Bonchev–Trinajstić information content (AvgIpc) is 3.31. The average molecular weight is 564 g/mol. The van der Waals surface area contributed by atoms with E-state index in [-0.39, 0.29) is 25.0 Å². The van der Waals surface area contributed by atoms with Crippen LogP contribution in [0.4, 0.5) is 0 Å². The van der Waals surface area contributed by atoms with E-state index in [0.29, 0.717) is 31.4 Å². The third kappa shape index (κ3) is 9.89. The van der Waals surface area contributed by atoms with Gasteiger partial charge in [-0.2, -0.15) is 12.6 Å². The highest BCUT2D eigenvalue weighted by Crippen LogP contribution is 2.19. The Morgan fingerprint density at radius 3 is 2.21 bits per heavy atom. The maximum absolute atomic E-state index is 13.0. The zero-order valence-electron chi connectivity index (χ0n) is 21.5. The second-order valence-corrected chi connectivity index (χ2v) is 9.53. The predicted molar refractivity (Wildman–Crippen MR) is 149 cm³/mol. The van der Waals surface area contributed by atoms with Crippen molar-refractivity contribution in [3.05, 3.63) is 36.0 Å². The number of carboxylic acid groups (broad SMARTS) is 1. The van der Waals surface area contributed by atoms with E-state index in [1.165, 1.54) is 0 Å². The monoisotopic (exact) mass is 563 g/mol. The number of nitrogens with two attached hydrogens (primary N) is 3. The van der Waals surface area contributed by atoms with Crippen molar-refractivity contribution in [1.29, 1.82) is 0 Å². The van der Waals surface area contributed by atoms with Gasteiger partial charge in [-0.05, 0) is 37.4 Å². The molecule has 0 radical (unpaired) electrons. The molecule has 4 atom stereocenters.